The van der Waals surface area contributed by atoms with Gasteiger partial charge in [-0.3, -0.25) is 0 Å². The third-order valence-corrected chi connectivity index (χ3v) is 6.37. The highest BCUT2D eigenvalue weighted by Crippen LogP contribution is 2.42. The summed E-state index contributed by atoms with van der Waals surface area (Å²) in [6.07, 6.45) is 1.70. The second-order valence-corrected chi connectivity index (χ2v) is 9.44. The zero-order valence-electron chi connectivity index (χ0n) is 21.7. The minimum atomic E-state index is 0.282. The summed E-state index contributed by atoms with van der Waals surface area (Å²) in [6, 6.07) is 34.5. The van der Waals surface area contributed by atoms with Gasteiger partial charge >= 0.3 is 0 Å². The van der Waals surface area contributed by atoms with Crippen molar-refractivity contribution < 1.29 is 9.15 Å². The van der Waals surface area contributed by atoms with Crippen LogP contribution in [0.5, 0.6) is 5.75 Å². The SMILES string of the molecule is Cc1ccc(COc2cccc(C=Nc3oc(-c4ccc(C)cc4)c(-c4ccc(C)cc4)c3C#N)c2)cc1. The predicted octanol–water partition coefficient (Wildman–Crippen LogP) is 8.74. The number of benzene rings is 4. The molecule has 5 aromatic rings. The van der Waals surface area contributed by atoms with Crippen molar-refractivity contribution in [2.24, 2.45) is 4.99 Å². The van der Waals surface area contributed by atoms with Crippen molar-refractivity contribution in [2.75, 3.05) is 0 Å². The van der Waals surface area contributed by atoms with Crippen molar-refractivity contribution >= 4 is 12.1 Å². The molecule has 0 saturated carbocycles. The van der Waals surface area contributed by atoms with Gasteiger partial charge in [0, 0.05) is 17.3 Å². The summed E-state index contributed by atoms with van der Waals surface area (Å²) >= 11 is 0. The van der Waals surface area contributed by atoms with Crippen LogP contribution < -0.4 is 4.74 Å². The number of furan rings is 1. The maximum absolute atomic E-state index is 10.2. The normalized spacial score (nSPS) is 11.0. The van der Waals surface area contributed by atoms with E-state index >= 15 is 0 Å². The predicted molar refractivity (Wildman–Crippen MR) is 153 cm³/mol. The van der Waals surface area contributed by atoms with Gasteiger partial charge in [-0.25, -0.2) is 4.99 Å². The lowest BCUT2D eigenvalue weighted by Gasteiger charge is -2.07. The van der Waals surface area contributed by atoms with E-state index in [1.807, 2.05) is 86.6 Å². The lowest BCUT2D eigenvalue weighted by molar-refractivity contribution is 0.306. The Hall–Kier alpha value is -4.88. The topological polar surface area (TPSA) is 58.5 Å². The summed E-state index contributed by atoms with van der Waals surface area (Å²) in [7, 11) is 0. The average molecular weight is 497 g/mol. The van der Waals surface area contributed by atoms with Gasteiger partial charge in [0.2, 0.25) is 5.88 Å². The highest BCUT2D eigenvalue weighted by molar-refractivity contribution is 5.90. The largest absolute Gasteiger partial charge is 0.489 e. The number of nitriles is 1. The Bertz CT molecular complexity index is 1620. The Morgan fingerprint density at radius 1 is 0.789 bits per heavy atom. The Morgan fingerprint density at radius 3 is 2.03 bits per heavy atom. The molecule has 0 saturated heterocycles. The van der Waals surface area contributed by atoms with Gasteiger partial charge in [0.05, 0.1) is 0 Å². The number of hydrogen-bond donors (Lipinski definition) is 0. The molecule has 1 aromatic heterocycles. The van der Waals surface area contributed by atoms with E-state index in [4.69, 9.17) is 9.15 Å². The van der Waals surface area contributed by atoms with Crippen LogP contribution in [0.2, 0.25) is 0 Å². The molecule has 0 spiro atoms. The fraction of sp³-hybridized carbons (Fsp3) is 0.118. The van der Waals surface area contributed by atoms with Gasteiger partial charge in [-0.05, 0) is 49.6 Å². The molecule has 0 aliphatic carbocycles. The van der Waals surface area contributed by atoms with Crippen molar-refractivity contribution in [2.45, 2.75) is 27.4 Å². The van der Waals surface area contributed by atoms with E-state index in [0.717, 1.165) is 44.7 Å². The Labute approximate surface area is 223 Å². The van der Waals surface area contributed by atoms with E-state index in [1.54, 1.807) is 6.21 Å². The van der Waals surface area contributed by atoms with Gasteiger partial charge in [0.1, 0.15) is 29.7 Å². The highest BCUT2D eigenvalue weighted by atomic mass is 16.5. The summed E-state index contributed by atoms with van der Waals surface area (Å²) in [6.45, 7) is 6.64. The van der Waals surface area contributed by atoms with Crippen molar-refractivity contribution in [1.82, 2.24) is 0 Å². The van der Waals surface area contributed by atoms with Gasteiger partial charge < -0.3 is 9.15 Å². The molecule has 0 atom stereocenters. The number of rotatable bonds is 7. The third-order valence-electron chi connectivity index (χ3n) is 6.37. The summed E-state index contributed by atoms with van der Waals surface area (Å²) in [5, 5.41) is 10.2. The van der Waals surface area contributed by atoms with Crippen LogP contribution in [0, 0.1) is 32.1 Å². The van der Waals surface area contributed by atoms with Crippen molar-refractivity contribution in [3.63, 3.8) is 0 Å². The lowest BCUT2D eigenvalue weighted by atomic mass is 9.97. The third kappa shape index (κ3) is 5.58. The van der Waals surface area contributed by atoms with E-state index in [-0.39, 0.29) is 5.88 Å². The second kappa shape index (κ2) is 11.0. The summed E-state index contributed by atoms with van der Waals surface area (Å²) in [5.74, 6) is 1.66. The number of hydrogen-bond acceptors (Lipinski definition) is 4. The lowest BCUT2D eigenvalue weighted by Crippen LogP contribution is -1.96. The fourth-order valence-electron chi connectivity index (χ4n) is 4.19. The molecule has 4 aromatic carbocycles. The smallest absolute Gasteiger partial charge is 0.238 e. The molecule has 0 N–H and O–H groups in total. The Balaban J connectivity index is 1.47. The molecule has 0 bridgehead atoms. The minimum Gasteiger partial charge on any atom is -0.489 e. The summed E-state index contributed by atoms with van der Waals surface area (Å²) in [4.78, 5) is 4.61. The van der Waals surface area contributed by atoms with Crippen LogP contribution in [0.3, 0.4) is 0 Å². The van der Waals surface area contributed by atoms with Crippen LogP contribution in [0.25, 0.3) is 22.5 Å². The maximum atomic E-state index is 10.2. The molecule has 4 nitrogen and oxygen atoms in total. The quantitative estimate of drug-likeness (QED) is 0.212. The molecule has 0 aliphatic rings. The molecule has 0 amide bonds. The molecule has 4 heteroatoms. The van der Waals surface area contributed by atoms with Gasteiger partial charge in [0.25, 0.3) is 0 Å². The number of ether oxygens (including phenoxy) is 1. The van der Waals surface area contributed by atoms with Crippen LogP contribution in [-0.4, -0.2) is 6.21 Å². The van der Waals surface area contributed by atoms with E-state index < -0.39 is 0 Å². The van der Waals surface area contributed by atoms with Gasteiger partial charge in [0.15, 0.2) is 0 Å². The monoisotopic (exact) mass is 496 g/mol. The van der Waals surface area contributed by atoms with E-state index in [0.29, 0.717) is 17.9 Å². The average Bonchev–Trinajstić information content (AvgIpc) is 3.31. The first-order chi connectivity index (χ1) is 18.5. The first kappa shape index (κ1) is 24.8. The van der Waals surface area contributed by atoms with E-state index in [2.05, 4.69) is 42.3 Å². The number of nitrogens with zero attached hydrogens (tertiary/aromatic N) is 2. The second-order valence-electron chi connectivity index (χ2n) is 9.44. The molecular weight excluding hydrogens is 468 g/mol. The van der Waals surface area contributed by atoms with Crippen molar-refractivity contribution in [1.29, 1.82) is 5.26 Å². The van der Waals surface area contributed by atoms with E-state index in [1.165, 1.54) is 5.56 Å². The van der Waals surface area contributed by atoms with Gasteiger partial charge in [-0.15, -0.1) is 0 Å². The summed E-state index contributed by atoms with van der Waals surface area (Å²) < 4.78 is 12.3. The standard InChI is InChI=1S/C34H28N2O2/c1-23-7-13-26(14-8-23)22-37-30-6-4-5-27(19-30)21-36-34-31(20-35)32(28-15-9-24(2)10-16-28)33(38-34)29-17-11-25(3)12-18-29/h4-19,21H,22H2,1-3H3. The Kier molecular flexibility index (Phi) is 7.19. The molecule has 1 heterocycles. The molecule has 0 unspecified atom stereocenters. The molecule has 5 rings (SSSR count). The maximum Gasteiger partial charge on any atom is 0.238 e. The number of aliphatic imine (C=N–C) groups is 1. The van der Waals surface area contributed by atoms with E-state index in [9.17, 15) is 5.26 Å². The van der Waals surface area contributed by atoms with Crippen LogP contribution in [0.15, 0.2) is 106 Å². The minimum absolute atomic E-state index is 0.282. The van der Waals surface area contributed by atoms with Crippen LogP contribution in [-0.2, 0) is 6.61 Å². The van der Waals surface area contributed by atoms with Crippen molar-refractivity contribution in [3.05, 3.63) is 130 Å². The van der Waals surface area contributed by atoms with Gasteiger partial charge in [-0.1, -0.05) is 102 Å². The van der Waals surface area contributed by atoms with Crippen LogP contribution in [0.4, 0.5) is 5.88 Å². The molecule has 0 fully saturated rings. The molecule has 38 heavy (non-hydrogen) atoms. The summed E-state index contributed by atoms with van der Waals surface area (Å²) in [5.41, 5.74) is 8.45. The zero-order valence-corrected chi connectivity index (χ0v) is 21.7. The molecule has 0 radical (unpaired) electrons. The van der Waals surface area contributed by atoms with Gasteiger partial charge in [-0.2, -0.15) is 5.26 Å². The fourth-order valence-corrected chi connectivity index (χ4v) is 4.19. The molecule has 186 valence electrons. The van der Waals surface area contributed by atoms with Crippen LogP contribution >= 0.6 is 0 Å². The highest BCUT2D eigenvalue weighted by Gasteiger charge is 2.22. The molecular formula is C34H28N2O2. The van der Waals surface area contributed by atoms with Crippen molar-refractivity contribution in [3.8, 4) is 34.3 Å². The Morgan fingerprint density at radius 2 is 1.39 bits per heavy atom. The first-order valence-electron chi connectivity index (χ1n) is 12.5. The molecule has 0 aliphatic heterocycles. The first-order valence-corrected chi connectivity index (χ1v) is 12.5. The number of aryl methyl sites for hydroxylation is 3. The zero-order chi connectivity index (χ0) is 26.5. The van der Waals surface area contributed by atoms with Crippen LogP contribution in [0.1, 0.15) is 33.4 Å².